The number of benzene rings is 3. The number of urea groups is 1. The third kappa shape index (κ3) is 7.41. The number of anilines is 1. The van der Waals surface area contributed by atoms with Crippen molar-refractivity contribution in [2.24, 2.45) is 5.73 Å². The number of nitrogens with zero attached hydrogens (tertiary/aromatic N) is 2. The molecule has 1 heterocycles. The molecular formula is C31H35N5O2. The summed E-state index contributed by atoms with van der Waals surface area (Å²) in [5.74, 6) is 0.428. The van der Waals surface area contributed by atoms with E-state index < -0.39 is 12.1 Å². The molecule has 0 aliphatic carbocycles. The summed E-state index contributed by atoms with van der Waals surface area (Å²) in [4.78, 5) is 18.1. The van der Waals surface area contributed by atoms with Crippen LogP contribution in [0.2, 0.25) is 0 Å². The van der Waals surface area contributed by atoms with Gasteiger partial charge in [0.1, 0.15) is 5.82 Å². The van der Waals surface area contributed by atoms with Crippen LogP contribution in [0.15, 0.2) is 97.2 Å². The molecule has 0 aliphatic heterocycles. The Kier molecular flexibility index (Phi) is 9.08. The first-order valence-corrected chi connectivity index (χ1v) is 12.8. The highest BCUT2D eigenvalue weighted by Crippen LogP contribution is 2.25. The number of aliphatic hydroxyl groups excluding tert-OH is 1. The molecule has 0 saturated carbocycles. The predicted octanol–water partition coefficient (Wildman–Crippen LogP) is 4.67. The summed E-state index contributed by atoms with van der Waals surface area (Å²) >= 11 is 0. The lowest BCUT2D eigenvalue weighted by atomic mass is 9.99. The van der Waals surface area contributed by atoms with Crippen LogP contribution in [0, 0.1) is 0 Å². The SMILES string of the molecule is C[C@H](Cc1cccc(CN(Cc2ccccc2-c2ccccc2)C(N)=O)c1)NC[C@H](O)c1ccc(N)nc1. The van der Waals surface area contributed by atoms with Crippen LogP contribution in [0.1, 0.15) is 35.3 Å². The van der Waals surface area contributed by atoms with E-state index in [0.717, 1.165) is 39.8 Å². The molecule has 0 radical (unpaired) electrons. The summed E-state index contributed by atoms with van der Waals surface area (Å²) in [5, 5.41) is 13.8. The van der Waals surface area contributed by atoms with Crippen molar-refractivity contribution in [3.8, 4) is 11.1 Å². The second kappa shape index (κ2) is 12.9. The maximum Gasteiger partial charge on any atom is 0.315 e. The molecule has 4 aromatic rings. The van der Waals surface area contributed by atoms with Crippen molar-refractivity contribution in [3.05, 3.63) is 119 Å². The first-order chi connectivity index (χ1) is 18.4. The highest BCUT2D eigenvalue weighted by atomic mass is 16.3. The minimum atomic E-state index is -0.667. The van der Waals surface area contributed by atoms with Gasteiger partial charge >= 0.3 is 6.03 Å². The highest BCUT2D eigenvalue weighted by Gasteiger charge is 2.15. The fourth-order valence-electron chi connectivity index (χ4n) is 4.52. The number of rotatable bonds is 11. The van der Waals surface area contributed by atoms with Crippen LogP contribution in [0.25, 0.3) is 11.1 Å². The number of pyridine rings is 1. The summed E-state index contributed by atoms with van der Waals surface area (Å²) in [6.45, 7) is 3.32. The normalized spacial score (nSPS) is 12.6. The number of hydrogen-bond acceptors (Lipinski definition) is 5. The minimum absolute atomic E-state index is 0.131. The molecule has 6 N–H and O–H groups in total. The average Bonchev–Trinajstić information content (AvgIpc) is 2.93. The van der Waals surface area contributed by atoms with Gasteiger partial charge in [0.25, 0.3) is 0 Å². The van der Waals surface area contributed by atoms with E-state index in [9.17, 15) is 9.90 Å². The molecule has 38 heavy (non-hydrogen) atoms. The molecule has 1 aromatic heterocycles. The summed E-state index contributed by atoms with van der Waals surface area (Å²) in [7, 11) is 0. The van der Waals surface area contributed by atoms with Crippen molar-refractivity contribution in [2.45, 2.75) is 38.6 Å². The zero-order valence-electron chi connectivity index (χ0n) is 21.6. The summed E-state index contributed by atoms with van der Waals surface area (Å²) < 4.78 is 0. The number of hydrogen-bond donors (Lipinski definition) is 4. The van der Waals surface area contributed by atoms with Crippen LogP contribution in [0.3, 0.4) is 0 Å². The zero-order valence-corrected chi connectivity index (χ0v) is 21.6. The Morgan fingerprint density at radius 3 is 2.42 bits per heavy atom. The van der Waals surface area contributed by atoms with Crippen LogP contribution in [0.4, 0.5) is 10.6 Å². The van der Waals surface area contributed by atoms with Gasteiger partial charge in [0, 0.05) is 37.4 Å². The second-order valence-corrected chi connectivity index (χ2v) is 9.58. The Balaban J connectivity index is 1.38. The van der Waals surface area contributed by atoms with Gasteiger partial charge in [-0.15, -0.1) is 0 Å². The van der Waals surface area contributed by atoms with Crippen LogP contribution in [-0.4, -0.2) is 33.6 Å². The van der Waals surface area contributed by atoms with Crippen LogP contribution in [-0.2, 0) is 19.5 Å². The monoisotopic (exact) mass is 509 g/mol. The van der Waals surface area contributed by atoms with Crippen molar-refractivity contribution in [1.82, 2.24) is 15.2 Å². The van der Waals surface area contributed by atoms with E-state index in [4.69, 9.17) is 11.5 Å². The largest absolute Gasteiger partial charge is 0.387 e. The Hall–Kier alpha value is -4.20. The van der Waals surface area contributed by atoms with E-state index in [-0.39, 0.29) is 6.04 Å². The highest BCUT2D eigenvalue weighted by molar-refractivity contribution is 5.73. The molecule has 3 aromatic carbocycles. The van der Waals surface area contributed by atoms with Gasteiger partial charge in [-0.2, -0.15) is 0 Å². The maximum atomic E-state index is 12.4. The molecule has 0 saturated heterocycles. The summed E-state index contributed by atoms with van der Waals surface area (Å²) in [6.07, 6.45) is 1.70. The van der Waals surface area contributed by atoms with E-state index in [2.05, 4.69) is 47.6 Å². The van der Waals surface area contributed by atoms with Gasteiger partial charge in [-0.05, 0) is 47.2 Å². The fraction of sp³-hybridized carbons (Fsp3) is 0.226. The number of nitrogens with one attached hydrogen (secondary N) is 1. The summed E-state index contributed by atoms with van der Waals surface area (Å²) in [6, 6.07) is 29.6. The van der Waals surface area contributed by atoms with Gasteiger partial charge in [-0.1, -0.05) is 84.9 Å². The Morgan fingerprint density at radius 2 is 1.68 bits per heavy atom. The van der Waals surface area contributed by atoms with E-state index >= 15 is 0 Å². The van der Waals surface area contributed by atoms with Crippen molar-refractivity contribution in [1.29, 1.82) is 0 Å². The van der Waals surface area contributed by atoms with Crippen LogP contribution >= 0.6 is 0 Å². The molecule has 196 valence electrons. The standard InChI is InChI=1S/C31H35N5O2/c1-22(34-19-29(37)26-14-15-30(32)35-18-26)16-23-8-7-9-24(17-23)20-36(31(33)38)21-27-12-5-6-13-28(27)25-10-3-2-4-11-25/h2-15,17-18,22,29,34,37H,16,19-21H2,1H3,(H2,32,35)(H2,33,38)/t22-,29+/m1/s1. The number of amides is 2. The van der Waals surface area contributed by atoms with Crippen LogP contribution in [0.5, 0.6) is 0 Å². The first-order valence-electron chi connectivity index (χ1n) is 12.8. The number of aromatic nitrogens is 1. The molecular weight excluding hydrogens is 474 g/mol. The van der Waals surface area contributed by atoms with Gasteiger partial charge < -0.3 is 26.8 Å². The van der Waals surface area contributed by atoms with Crippen molar-refractivity contribution >= 4 is 11.8 Å². The molecule has 7 heteroatoms. The molecule has 0 aliphatic rings. The second-order valence-electron chi connectivity index (χ2n) is 9.58. The van der Waals surface area contributed by atoms with E-state index in [0.29, 0.717) is 25.5 Å². The van der Waals surface area contributed by atoms with Crippen molar-refractivity contribution in [2.75, 3.05) is 12.3 Å². The molecule has 0 fully saturated rings. The Morgan fingerprint density at radius 1 is 0.947 bits per heavy atom. The number of aliphatic hydroxyl groups is 1. The molecule has 7 nitrogen and oxygen atoms in total. The first kappa shape index (κ1) is 26.9. The van der Waals surface area contributed by atoms with Gasteiger partial charge in [0.2, 0.25) is 0 Å². The fourth-order valence-corrected chi connectivity index (χ4v) is 4.52. The molecule has 4 rings (SSSR count). The maximum absolute atomic E-state index is 12.4. The zero-order chi connectivity index (χ0) is 26.9. The molecule has 0 unspecified atom stereocenters. The minimum Gasteiger partial charge on any atom is -0.387 e. The lowest BCUT2D eigenvalue weighted by Crippen LogP contribution is -2.35. The number of carbonyl (C=O) groups is 1. The van der Waals surface area contributed by atoms with E-state index in [1.165, 1.54) is 0 Å². The molecule has 2 amide bonds. The van der Waals surface area contributed by atoms with Gasteiger partial charge in [0.15, 0.2) is 0 Å². The third-order valence-electron chi connectivity index (χ3n) is 6.54. The molecule has 2 atom stereocenters. The lowest BCUT2D eigenvalue weighted by Gasteiger charge is -2.23. The molecule has 0 bridgehead atoms. The number of nitrogens with two attached hydrogens (primary N) is 2. The van der Waals surface area contributed by atoms with E-state index in [1.807, 2.05) is 48.5 Å². The number of primary amides is 1. The van der Waals surface area contributed by atoms with Gasteiger partial charge in [-0.25, -0.2) is 9.78 Å². The Labute approximate surface area is 224 Å². The van der Waals surface area contributed by atoms with Gasteiger partial charge in [0.05, 0.1) is 6.10 Å². The molecule has 0 spiro atoms. The number of carbonyl (C=O) groups excluding carboxylic acids is 1. The van der Waals surface area contributed by atoms with Crippen molar-refractivity contribution < 1.29 is 9.90 Å². The predicted molar refractivity (Wildman–Crippen MR) is 152 cm³/mol. The quantitative estimate of drug-likeness (QED) is 0.234. The smallest absolute Gasteiger partial charge is 0.315 e. The Bertz CT molecular complexity index is 1330. The number of nitrogen functional groups attached to an aromatic ring is 1. The summed E-state index contributed by atoms with van der Waals surface area (Å²) in [5.41, 5.74) is 17.5. The van der Waals surface area contributed by atoms with Gasteiger partial charge in [-0.3, -0.25) is 0 Å². The topological polar surface area (TPSA) is 118 Å². The van der Waals surface area contributed by atoms with Crippen molar-refractivity contribution in [3.63, 3.8) is 0 Å². The third-order valence-corrected chi connectivity index (χ3v) is 6.54. The van der Waals surface area contributed by atoms with E-state index in [1.54, 1.807) is 23.2 Å². The average molecular weight is 510 g/mol. The lowest BCUT2D eigenvalue weighted by molar-refractivity contribution is 0.170. The van der Waals surface area contributed by atoms with Crippen LogP contribution < -0.4 is 16.8 Å².